The van der Waals surface area contributed by atoms with E-state index in [-0.39, 0.29) is 11.9 Å². The van der Waals surface area contributed by atoms with E-state index >= 15 is 0 Å². The molecule has 2 aromatic rings. The number of hydrogen-bond acceptors (Lipinski definition) is 6. The molecule has 0 spiro atoms. The van der Waals surface area contributed by atoms with E-state index in [0.29, 0.717) is 16.5 Å². The molecule has 0 unspecified atom stereocenters. The molecule has 1 amide bonds. The van der Waals surface area contributed by atoms with Crippen LogP contribution < -0.4 is 15.0 Å². The van der Waals surface area contributed by atoms with Gasteiger partial charge in [0.15, 0.2) is 0 Å². The molecule has 8 heteroatoms. The molecule has 2 heterocycles. The SMILES string of the molecule is COc1ccc(NC(=O)[C@H](C)N2CCN(c3ncccn3)CC2)cc1Cl. The van der Waals surface area contributed by atoms with Gasteiger partial charge in [-0.1, -0.05) is 11.6 Å². The van der Waals surface area contributed by atoms with Crippen LogP contribution >= 0.6 is 11.6 Å². The highest BCUT2D eigenvalue weighted by molar-refractivity contribution is 6.32. The van der Waals surface area contributed by atoms with Crippen LogP contribution in [0.4, 0.5) is 11.6 Å². The summed E-state index contributed by atoms with van der Waals surface area (Å²) in [4.78, 5) is 25.4. The van der Waals surface area contributed by atoms with Gasteiger partial charge in [0.2, 0.25) is 11.9 Å². The Morgan fingerprint density at radius 2 is 1.92 bits per heavy atom. The predicted octanol–water partition coefficient (Wildman–Crippen LogP) is 2.29. The maximum atomic E-state index is 12.6. The van der Waals surface area contributed by atoms with Crippen LogP contribution in [0, 0.1) is 0 Å². The third-order valence-corrected chi connectivity index (χ3v) is 4.79. The average molecular weight is 376 g/mol. The zero-order chi connectivity index (χ0) is 18.5. The Morgan fingerprint density at radius 3 is 2.54 bits per heavy atom. The first kappa shape index (κ1) is 18.4. The Morgan fingerprint density at radius 1 is 1.23 bits per heavy atom. The van der Waals surface area contributed by atoms with Crippen molar-refractivity contribution < 1.29 is 9.53 Å². The predicted molar refractivity (Wildman–Crippen MR) is 102 cm³/mol. The molecule has 1 N–H and O–H groups in total. The summed E-state index contributed by atoms with van der Waals surface area (Å²) in [5.41, 5.74) is 0.656. The first-order valence-corrected chi connectivity index (χ1v) is 8.86. The van der Waals surface area contributed by atoms with Crippen molar-refractivity contribution in [1.82, 2.24) is 14.9 Å². The van der Waals surface area contributed by atoms with Gasteiger partial charge >= 0.3 is 0 Å². The highest BCUT2D eigenvalue weighted by Gasteiger charge is 2.26. The largest absolute Gasteiger partial charge is 0.495 e. The topological polar surface area (TPSA) is 70.6 Å². The van der Waals surface area contributed by atoms with Crippen molar-refractivity contribution >= 4 is 29.1 Å². The van der Waals surface area contributed by atoms with Gasteiger partial charge in [0.05, 0.1) is 18.2 Å². The van der Waals surface area contributed by atoms with E-state index in [1.54, 1.807) is 43.8 Å². The quantitative estimate of drug-likeness (QED) is 0.864. The number of piperazine rings is 1. The van der Waals surface area contributed by atoms with Gasteiger partial charge < -0.3 is 15.0 Å². The minimum atomic E-state index is -0.241. The van der Waals surface area contributed by atoms with Crippen molar-refractivity contribution in [1.29, 1.82) is 0 Å². The van der Waals surface area contributed by atoms with E-state index in [1.807, 2.05) is 6.92 Å². The molecule has 1 atom stereocenters. The van der Waals surface area contributed by atoms with E-state index in [4.69, 9.17) is 16.3 Å². The van der Waals surface area contributed by atoms with Gasteiger partial charge in [0.25, 0.3) is 0 Å². The van der Waals surface area contributed by atoms with Gasteiger partial charge in [-0.25, -0.2) is 9.97 Å². The van der Waals surface area contributed by atoms with Crippen molar-refractivity contribution in [2.75, 3.05) is 43.5 Å². The molecule has 7 nitrogen and oxygen atoms in total. The third-order valence-electron chi connectivity index (χ3n) is 4.50. The van der Waals surface area contributed by atoms with Crippen LogP contribution in [0.3, 0.4) is 0 Å². The van der Waals surface area contributed by atoms with Crippen LogP contribution in [0.1, 0.15) is 6.92 Å². The van der Waals surface area contributed by atoms with E-state index in [9.17, 15) is 4.79 Å². The molecule has 26 heavy (non-hydrogen) atoms. The molecule has 0 saturated carbocycles. The lowest BCUT2D eigenvalue weighted by Crippen LogP contribution is -2.53. The summed E-state index contributed by atoms with van der Waals surface area (Å²) in [6, 6.07) is 6.77. The molecule has 1 saturated heterocycles. The number of aromatic nitrogens is 2. The fourth-order valence-corrected chi connectivity index (χ4v) is 3.18. The second-order valence-corrected chi connectivity index (χ2v) is 6.49. The van der Waals surface area contributed by atoms with Crippen LogP contribution in [0.15, 0.2) is 36.7 Å². The fraction of sp³-hybridized carbons (Fsp3) is 0.389. The number of carbonyl (C=O) groups is 1. The number of ether oxygens (including phenoxy) is 1. The minimum Gasteiger partial charge on any atom is -0.495 e. The summed E-state index contributed by atoms with van der Waals surface area (Å²) < 4.78 is 5.13. The lowest BCUT2D eigenvalue weighted by molar-refractivity contribution is -0.120. The molecule has 0 radical (unpaired) electrons. The smallest absolute Gasteiger partial charge is 0.241 e. The molecule has 1 aliphatic heterocycles. The Balaban J connectivity index is 1.55. The van der Waals surface area contributed by atoms with Crippen LogP contribution in [-0.2, 0) is 4.79 Å². The van der Waals surface area contributed by atoms with Gasteiger partial charge in [-0.3, -0.25) is 9.69 Å². The van der Waals surface area contributed by atoms with Gasteiger partial charge in [0.1, 0.15) is 5.75 Å². The van der Waals surface area contributed by atoms with Crippen LogP contribution in [-0.4, -0.2) is 60.1 Å². The lowest BCUT2D eigenvalue weighted by atomic mass is 10.2. The number of benzene rings is 1. The van der Waals surface area contributed by atoms with E-state index in [1.165, 1.54) is 0 Å². The second-order valence-electron chi connectivity index (χ2n) is 6.09. The number of carbonyl (C=O) groups excluding carboxylic acids is 1. The molecular weight excluding hydrogens is 354 g/mol. The molecule has 1 aliphatic rings. The van der Waals surface area contributed by atoms with E-state index in [0.717, 1.165) is 32.1 Å². The number of nitrogens with zero attached hydrogens (tertiary/aromatic N) is 4. The maximum Gasteiger partial charge on any atom is 0.241 e. The first-order valence-electron chi connectivity index (χ1n) is 8.49. The van der Waals surface area contributed by atoms with Gasteiger partial charge in [-0.2, -0.15) is 0 Å². The molecule has 0 aliphatic carbocycles. The molecule has 3 rings (SSSR count). The van der Waals surface area contributed by atoms with Crippen LogP contribution in [0.5, 0.6) is 5.75 Å². The van der Waals surface area contributed by atoms with Gasteiger partial charge in [0, 0.05) is 44.3 Å². The monoisotopic (exact) mass is 375 g/mol. The summed E-state index contributed by atoms with van der Waals surface area (Å²) in [6.07, 6.45) is 3.48. The Kier molecular flexibility index (Phi) is 5.90. The second kappa shape index (κ2) is 8.33. The summed E-state index contributed by atoms with van der Waals surface area (Å²) in [6.45, 7) is 5.04. The summed E-state index contributed by atoms with van der Waals surface area (Å²) in [5.74, 6) is 1.25. The van der Waals surface area contributed by atoms with Gasteiger partial charge in [-0.05, 0) is 31.2 Å². The maximum absolute atomic E-state index is 12.6. The van der Waals surface area contributed by atoms with Crippen molar-refractivity contribution in [3.63, 3.8) is 0 Å². The minimum absolute atomic E-state index is 0.0596. The number of halogens is 1. The number of rotatable bonds is 5. The van der Waals surface area contributed by atoms with Crippen molar-refractivity contribution in [3.8, 4) is 5.75 Å². The highest BCUT2D eigenvalue weighted by Crippen LogP contribution is 2.27. The van der Waals surface area contributed by atoms with Crippen molar-refractivity contribution in [3.05, 3.63) is 41.7 Å². The number of hydrogen-bond donors (Lipinski definition) is 1. The Labute approximate surface area is 157 Å². The van der Waals surface area contributed by atoms with E-state index < -0.39 is 0 Å². The summed E-state index contributed by atoms with van der Waals surface area (Å²) in [5, 5.41) is 3.38. The van der Waals surface area contributed by atoms with Crippen molar-refractivity contribution in [2.24, 2.45) is 0 Å². The zero-order valence-corrected chi connectivity index (χ0v) is 15.6. The standard InChI is InChI=1S/C18H22ClN5O2/c1-13(17(25)22-14-4-5-16(26-2)15(19)12-14)23-8-10-24(11-9-23)18-20-6-3-7-21-18/h3-7,12-13H,8-11H2,1-2H3,(H,22,25)/t13-/m0/s1. The highest BCUT2D eigenvalue weighted by atomic mass is 35.5. The number of amides is 1. The first-order chi connectivity index (χ1) is 12.6. The zero-order valence-electron chi connectivity index (χ0n) is 14.9. The van der Waals surface area contributed by atoms with Gasteiger partial charge in [-0.15, -0.1) is 0 Å². The van der Waals surface area contributed by atoms with Crippen LogP contribution in [0.2, 0.25) is 5.02 Å². The number of nitrogens with one attached hydrogen (secondary N) is 1. The summed E-state index contributed by atoms with van der Waals surface area (Å²) >= 11 is 6.11. The summed E-state index contributed by atoms with van der Waals surface area (Å²) in [7, 11) is 1.56. The Hall–Kier alpha value is -2.38. The third kappa shape index (κ3) is 4.23. The normalized spacial score (nSPS) is 16.2. The molecule has 1 aromatic heterocycles. The fourth-order valence-electron chi connectivity index (χ4n) is 2.92. The van der Waals surface area contributed by atoms with E-state index in [2.05, 4.69) is 25.1 Å². The molecule has 138 valence electrons. The number of methoxy groups -OCH3 is 1. The molecule has 0 bridgehead atoms. The van der Waals surface area contributed by atoms with Crippen LogP contribution in [0.25, 0.3) is 0 Å². The lowest BCUT2D eigenvalue weighted by Gasteiger charge is -2.37. The Bertz CT molecular complexity index is 751. The van der Waals surface area contributed by atoms with Crippen molar-refractivity contribution in [2.45, 2.75) is 13.0 Å². The molecular formula is C18H22ClN5O2. The average Bonchev–Trinajstić information content (AvgIpc) is 2.68. The number of anilines is 2. The molecule has 1 fully saturated rings. The molecule has 1 aromatic carbocycles.